The maximum Gasteiger partial charge on any atom is 0.191 e. The maximum atomic E-state index is 5.68. The van der Waals surface area contributed by atoms with Crippen molar-refractivity contribution in [1.29, 1.82) is 0 Å². The Balaban J connectivity index is 1.38. The Bertz CT molecular complexity index is 881. The molecular formula is C19H25N7O. The fourth-order valence-corrected chi connectivity index (χ4v) is 3.53. The second-order valence-electron chi connectivity index (χ2n) is 6.63. The SMILES string of the molecule is CN=C(NCc1nnc2ccccn12)NCC(c1ccco1)N1CCCC1. The number of nitrogens with zero attached hydrogens (tertiary/aromatic N) is 5. The van der Waals surface area contributed by atoms with Gasteiger partial charge in [-0.25, -0.2) is 0 Å². The lowest BCUT2D eigenvalue weighted by Gasteiger charge is -2.26. The maximum absolute atomic E-state index is 5.68. The number of rotatable bonds is 6. The summed E-state index contributed by atoms with van der Waals surface area (Å²) in [5.74, 6) is 2.57. The highest BCUT2D eigenvalue weighted by molar-refractivity contribution is 5.79. The number of nitrogens with one attached hydrogen (secondary N) is 2. The van der Waals surface area contributed by atoms with E-state index in [1.54, 1.807) is 13.3 Å². The standard InChI is InChI=1S/C19H25N7O/c1-20-19(22-14-18-24-23-17-8-2-3-11-26(17)18)21-13-15(16-7-6-12-27-16)25-9-4-5-10-25/h2-3,6-8,11-12,15H,4-5,9-10,13-14H2,1H3,(H2,20,21,22). The van der Waals surface area contributed by atoms with Crippen molar-refractivity contribution in [2.24, 2.45) is 4.99 Å². The number of furan rings is 1. The zero-order chi connectivity index (χ0) is 18.5. The van der Waals surface area contributed by atoms with E-state index < -0.39 is 0 Å². The van der Waals surface area contributed by atoms with E-state index in [4.69, 9.17) is 4.42 Å². The quantitative estimate of drug-likeness (QED) is 0.511. The minimum atomic E-state index is 0.204. The van der Waals surface area contributed by atoms with Crippen LogP contribution in [0.1, 0.15) is 30.5 Å². The van der Waals surface area contributed by atoms with Gasteiger partial charge in [0, 0.05) is 19.8 Å². The highest BCUT2D eigenvalue weighted by atomic mass is 16.3. The van der Waals surface area contributed by atoms with Gasteiger partial charge in [0.2, 0.25) is 0 Å². The van der Waals surface area contributed by atoms with Crippen LogP contribution in [0.4, 0.5) is 0 Å². The number of pyridine rings is 1. The Morgan fingerprint density at radius 1 is 1.19 bits per heavy atom. The average Bonchev–Trinajstić information content (AvgIpc) is 3.47. The summed E-state index contributed by atoms with van der Waals surface area (Å²) in [6.07, 6.45) is 6.18. The predicted molar refractivity (Wildman–Crippen MR) is 103 cm³/mol. The summed E-state index contributed by atoms with van der Waals surface area (Å²) in [7, 11) is 1.77. The first kappa shape index (κ1) is 17.5. The van der Waals surface area contributed by atoms with Crippen molar-refractivity contribution in [2.75, 3.05) is 26.7 Å². The summed E-state index contributed by atoms with van der Waals surface area (Å²) in [6, 6.07) is 10.1. The van der Waals surface area contributed by atoms with E-state index >= 15 is 0 Å². The van der Waals surface area contributed by atoms with Gasteiger partial charge in [0.05, 0.1) is 18.8 Å². The number of guanidine groups is 1. The van der Waals surface area contributed by atoms with E-state index in [2.05, 4.69) is 30.7 Å². The summed E-state index contributed by atoms with van der Waals surface area (Å²) in [6.45, 7) is 3.48. The van der Waals surface area contributed by atoms with Gasteiger partial charge in [0.1, 0.15) is 5.76 Å². The largest absolute Gasteiger partial charge is 0.468 e. The third kappa shape index (κ3) is 3.95. The van der Waals surface area contributed by atoms with Crippen LogP contribution in [0.5, 0.6) is 0 Å². The van der Waals surface area contributed by atoms with Crippen LogP contribution in [-0.2, 0) is 6.54 Å². The summed E-state index contributed by atoms with van der Waals surface area (Å²) in [4.78, 5) is 6.80. The first-order valence-electron chi connectivity index (χ1n) is 9.36. The lowest BCUT2D eigenvalue weighted by Crippen LogP contribution is -2.42. The molecule has 1 unspecified atom stereocenters. The zero-order valence-electron chi connectivity index (χ0n) is 15.5. The van der Waals surface area contributed by atoms with Crippen LogP contribution in [0.3, 0.4) is 0 Å². The van der Waals surface area contributed by atoms with E-state index in [9.17, 15) is 0 Å². The van der Waals surface area contributed by atoms with Crippen molar-refractivity contribution < 1.29 is 4.42 Å². The molecule has 3 aromatic heterocycles. The molecule has 0 aliphatic carbocycles. The number of hydrogen-bond acceptors (Lipinski definition) is 5. The number of aromatic nitrogens is 3. The van der Waals surface area contributed by atoms with Crippen LogP contribution >= 0.6 is 0 Å². The van der Waals surface area contributed by atoms with E-state index in [0.29, 0.717) is 6.54 Å². The number of hydrogen-bond donors (Lipinski definition) is 2. The van der Waals surface area contributed by atoms with Crippen LogP contribution in [0.2, 0.25) is 0 Å². The molecule has 8 heteroatoms. The Morgan fingerprint density at radius 2 is 2.07 bits per heavy atom. The Kier molecular flexibility index (Phi) is 5.34. The molecule has 27 heavy (non-hydrogen) atoms. The molecule has 0 bridgehead atoms. The van der Waals surface area contributed by atoms with Gasteiger partial charge >= 0.3 is 0 Å². The third-order valence-electron chi connectivity index (χ3n) is 4.94. The summed E-state index contributed by atoms with van der Waals surface area (Å²) < 4.78 is 7.65. The van der Waals surface area contributed by atoms with Crippen molar-refractivity contribution in [2.45, 2.75) is 25.4 Å². The topological polar surface area (TPSA) is 83.0 Å². The molecule has 0 aromatic carbocycles. The molecule has 1 saturated heterocycles. The van der Waals surface area contributed by atoms with E-state index in [0.717, 1.165) is 42.8 Å². The molecular weight excluding hydrogens is 342 g/mol. The molecule has 4 rings (SSSR count). The van der Waals surface area contributed by atoms with Gasteiger partial charge in [0.25, 0.3) is 0 Å². The zero-order valence-corrected chi connectivity index (χ0v) is 15.5. The average molecular weight is 367 g/mol. The Morgan fingerprint density at radius 3 is 2.85 bits per heavy atom. The molecule has 0 saturated carbocycles. The first-order valence-corrected chi connectivity index (χ1v) is 9.36. The molecule has 1 fully saturated rings. The second-order valence-corrected chi connectivity index (χ2v) is 6.63. The lowest BCUT2D eigenvalue weighted by molar-refractivity contribution is 0.215. The van der Waals surface area contributed by atoms with Crippen LogP contribution in [0.15, 0.2) is 52.2 Å². The predicted octanol–water partition coefficient (Wildman–Crippen LogP) is 1.82. The number of fused-ring (bicyclic) bond motifs is 1. The molecule has 1 aliphatic rings. The Hall–Kier alpha value is -2.87. The minimum absolute atomic E-state index is 0.204. The smallest absolute Gasteiger partial charge is 0.191 e. The van der Waals surface area contributed by atoms with Crippen molar-refractivity contribution in [3.05, 3.63) is 54.4 Å². The number of likely N-dealkylation sites (tertiary alicyclic amines) is 1. The Labute approximate surface area is 158 Å². The van der Waals surface area contributed by atoms with Crippen LogP contribution in [0, 0.1) is 0 Å². The molecule has 142 valence electrons. The minimum Gasteiger partial charge on any atom is -0.468 e. The normalized spacial score (nSPS) is 16.7. The van der Waals surface area contributed by atoms with Gasteiger partial charge in [-0.15, -0.1) is 10.2 Å². The van der Waals surface area contributed by atoms with Gasteiger partial charge in [0.15, 0.2) is 17.4 Å². The fourth-order valence-electron chi connectivity index (χ4n) is 3.53. The third-order valence-corrected chi connectivity index (χ3v) is 4.94. The van der Waals surface area contributed by atoms with Gasteiger partial charge in [-0.05, 0) is 50.2 Å². The van der Waals surface area contributed by atoms with Gasteiger partial charge < -0.3 is 15.1 Å². The van der Waals surface area contributed by atoms with E-state index in [-0.39, 0.29) is 6.04 Å². The highest BCUT2D eigenvalue weighted by Gasteiger charge is 2.25. The molecule has 0 spiro atoms. The van der Waals surface area contributed by atoms with Crippen molar-refractivity contribution >= 4 is 11.6 Å². The van der Waals surface area contributed by atoms with E-state index in [1.165, 1.54) is 12.8 Å². The summed E-state index contributed by atoms with van der Waals surface area (Å²) >= 11 is 0. The second kappa shape index (κ2) is 8.22. The van der Waals surface area contributed by atoms with Crippen LogP contribution < -0.4 is 10.6 Å². The molecule has 3 aromatic rings. The first-order chi connectivity index (χ1) is 13.3. The van der Waals surface area contributed by atoms with Crippen LogP contribution in [0.25, 0.3) is 5.65 Å². The monoisotopic (exact) mass is 367 g/mol. The molecule has 1 aliphatic heterocycles. The van der Waals surface area contributed by atoms with Gasteiger partial charge in [-0.2, -0.15) is 0 Å². The molecule has 4 heterocycles. The van der Waals surface area contributed by atoms with E-state index in [1.807, 2.05) is 40.9 Å². The van der Waals surface area contributed by atoms with Crippen molar-refractivity contribution in [1.82, 2.24) is 30.1 Å². The lowest BCUT2D eigenvalue weighted by atomic mass is 10.2. The molecule has 2 N–H and O–H groups in total. The van der Waals surface area contributed by atoms with Gasteiger partial charge in [-0.1, -0.05) is 6.07 Å². The van der Waals surface area contributed by atoms with Crippen molar-refractivity contribution in [3.63, 3.8) is 0 Å². The van der Waals surface area contributed by atoms with Crippen LogP contribution in [-0.4, -0.2) is 52.1 Å². The molecule has 0 radical (unpaired) electrons. The van der Waals surface area contributed by atoms with Crippen molar-refractivity contribution in [3.8, 4) is 0 Å². The summed E-state index contributed by atoms with van der Waals surface area (Å²) in [5, 5.41) is 15.2. The fraction of sp³-hybridized carbons (Fsp3) is 0.421. The molecule has 8 nitrogen and oxygen atoms in total. The summed E-state index contributed by atoms with van der Waals surface area (Å²) in [5.41, 5.74) is 0.837. The highest BCUT2D eigenvalue weighted by Crippen LogP contribution is 2.24. The molecule has 0 amide bonds. The van der Waals surface area contributed by atoms with Gasteiger partial charge in [-0.3, -0.25) is 14.3 Å². The number of aliphatic imine (C=N–C) groups is 1. The molecule has 1 atom stereocenters.